The van der Waals surface area contributed by atoms with Gasteiger partial charge in [0.2, 0.25) is 0 Å². The maximum atomic E-state index is 5.87. The Morgan fingerprint density at radius 3 is 2.73 bits per heavy atom. The second-order valence-electron chi connectivity index (χ2n) is 5.48. The van der Waals surface area contributed by atoms with E-state index in [0.717, 1.165) is 37.4 Å². The fourth-order valence-electron chi connectivity index (χ4n) is 2.37. The van der Waals surface area contributed by atoms with Crippen molar-refractivity contribution in [3.8, 4) is 17.4 Å². The molecule has 0 bridgehead atoms. The Hall–Kier alpha value is -2.48. The van der Waals surface area contributed by atoms with Crippen LogP contribution in [0.4, 0.5) is 0 Å². The molecule has 1 heterocycles. The number of halogens is 1. The third-order valence-corrected chi connectivity index (χ3v) is 3.58. The molecule has 0 aliphatic carbocycles. The summed E-state index contributed by atoms with van der Waals surface area (Å²) in [6, 6.07) is 17.8. The molecule has 0 fully saturated rings. The highest BCUT2D eigenvalue weighted by molar-refractivity contribution is 5.85. The van der Waals surface area contributed by atoms with E-state index in [1.165, 1.54) is 0 Å². The lowest BCUT2D eigenvalue weighted by atomic mass is 10.2. The van der Waals surface area contributed by atoms with E-state index in [1.807, 2.05) is 48.5 Å². The van der Waals surface area contributed by atoms with Gasteiger partial charge in [0, 0.05) is 20.3 Å². The number of methoxy groups -OCH3 is 1. The van der Waals surface area contributed by atoms with Crippen LogP contribution < -0.4 is 10.1 Å². The smallest absolute Gasteiger partial charge is 0.345 e. The summed E-state index contributed by atoms with van der Waals surface area (Å²) in [4.78, 5) is 0. The van der Waals surface area contributed by atoms with Crippen molar-refractivity contribution in [2.75, 3.05) is 20.3 Å². The third-order valence-electron chi connectivity index (χ3n) is 3.58. The van der Waals surface area contributed by atoms with Crippen LogP contribution in [-0.4, -0.2) is 40.5 Å². The molecular formula is C18H22ClN5O2. The van der Waals surface area contributed by atoms with Gasteiger partial charge in [-0.25, -0.2) is 0 Å². The average molecular weight is 376 g/mol. The topological polar surface area (TPSA) is 74.1 Å². The van der Waals surface area contributed by atoms with Crippen molar-refractivity contribution in [3.05, 3.63) is 60.2 Å². The second-order valence-corrected chi connectivity index (χ2v) is 5.48. The number of benzene rings is 2. The summed E-state index contributed by atoms with van der Waals surface area (Å²) in [5.41, 5.74) is 1.98. The highest BCUT2D eigenvalue weighted by Crippen LogP contribution is 2.22. The molecule has 0 saturated carbocycles. The van der Waals surface area contributed by atoms with E-state index in [-0.39, 0.29) is 12.4 Å². The largest absolute Gasteiger partial charge is 0.423 e. The number of tetrazole rings is 1. The highest BCUT2D eigenvalue weighted by Gasteiger charge is 2.10. The molecule has 7 nitrogen and oxygen atoms in total. The van der Waals surface area contributed by atoms with Crippen LogP contribution in [0.5, 0.6) is 11.8 Å². The van der Waals surface area contributed by atoms with Crippen LogP contribution in [0, 0.1) is 0 Å². The molecule has 0 radical (unpaired) electrons. The van der Waals surface area contributed by atoms with E-state index in [1.54, 1.807) is 11.8 Å². The van der Waals surface area contributed by atoms with Crippen molar-refractivity contribution < 1.29 is 9.47 Å². The summed E-state index contributed by atoms with van der Waals surface area (Å²) in [6.45, 7) is 2.44. The first-order valence-corrected chi connectivity index (χ1v) is 8.17. The Labute approximate surface area is 158 Å². The molecule has 138 valence electrons. The zero-order chi connectivity index (χ0) is 17.3. The lowest BCUT2D eigenvalue weighted by molar-refractivity contribution is 0.194. The van der Waals surface area contributed by atoms with Crippen LogP contribution in [-0.2, 0) is 11.3 Å². The molecule has 1 N–H and O–H groups in total. The van der Waals surface area contributed by atoms with Gasteiger partial charge < -0.3 is 14.8 Å². The first kappa shape index (κ1) is 19.8. The normalized spacial score (nSPS) is 10.3. The van der Waals surface area contributed by atoms with Gasteiger partial charge in [-0.1, -0.05) is 35.4 Å². The fourth-order valence-corrected chi connectivity index (χ4v) is 2.37. The molecule has 0 saturated heterocycles. The number of aromatic nitrogens is 4. The summed E-state index contributed by atoms with van der Waals surface area (Å²) in [5.74, 6) is 0.697. The number of hydrogen-bond acceptors (Lipinski definition) is 6. The van der Waals surface area contributed by atoms with Gasteiger partial charge in [0.05, 0.1) is 5.69 Å². The van der Waals surface area contributed by atoms with Gasteiger partial charge in [-0.15, -0.1) is 12.4 Å². The van der Waals surface area contributed by atoms with E-state index in [2.05, 4.69) is 26.9 Å². The SMILES string of the molecule is COCCCNCc1cccc(Oc2nnnn2-c2ccccc2)c1.Cl. The van der Waals surface area contributed by atoms with Gasteiger partial charge >= 0.3 is 6.01 Å². The number of para-hydroxylation sites is 1. The van der Waals surface area contributed by atoms with Crippen molar-refractivity contribution in [1.29, 1.82) is 0 Å². The summed E-state index contributed by atoms with van der Waals surface area (Å²) < 4.78 is 12.5. The second kappa shape index (κ2) is 10.5. The molecule has 0 amide bonds. The lowest BCUT2D eigenvalue weighted by Gasteiger charge is -2.08. The van der Waals surface area contributed by atoms with E-state index >= 15 is 0 Å². The molecule has 0 spiro atoms. The maximum Gasteiger partial charge on any atom is 0.345 e. The summed E-state index contributed by atoms with van der Waals surface area (Å²) in [5, 5.41) is 15.0. The Morgan fingerprint density at radius 2 is 1.92 bits per heavy atom. The molecule has 0 atom stereocenters. The minimum absolute atomic E-state index is 0. The zero-order valence-electron chi connectivity index (χ0n) is 14.5. The Kier molecular flexibility index (Phi) is 8.01. The van der Waals surface area contributed by atoms with Crippen LogP contribution in [0.1, 0.15) is 12.0 Å². The molecule has 1 aromatic heterocycles. The molecule has 0 unspecified atom stereocenters. The molecule has 3 aromatic rings. The van der Waals surface area contributed by atoms with Crippen LogP contribution in [0.25, 0.3) is 5.69 Å². The van der Waals surface area contributed by atoms with Crippen LogP contribution in [0.2, 0.25) is 0 Å². The molecule has 3 rings (SSSR count). The van der Waals surface area contributed by atoms with Gasteiger partial charge in [0.15, 0.2) is 0 Å². The fraction of sp³-hybridized carbons (Fsp3) is 0.278. The zero-order valence-corrected chi connectivity index (χ0v) is 15.4. The van der Waals surface area contributed by atoms with Crippen LogP contribution in [0.15, 0.2) is 54.6 Å². The quantitative estimate of drug-likeness (QED) is 0.579. The van der Waals surface area contributed by atoms with Gasteiger partial charge in [0.25, 0.3) is 0 Å². The molecule has 8 heteroatoms. The third kappa shape index (κ3) is 5.52. The van der Waals surface area contributed by atoms with E-state index in [0.29, 0.717) is 11.8 Å². The van der Waals surface area contributed by atoms with Crippen LogP contribution in [0.3, 0.4) is 0 Å². The minimum Gasteiger partial charge on any atom is -0.423 e. The molecule has 0 aliphatic rings. The summed E-state index contributed by atoms with van der Waals surface area (Å²) >= 11 is 0. The minimum atomic E-state index is 0. The number of rotatable bonds is 9. The van der Waals surface area contributed by atoms with Crippen LogP contribution >= 0.6 is 12.4 Å². The summed E-state index contributed by atoms with van der Waals surface area (Å²) in [7, 11) is 1.71. The average Bonchev–Trinajstić information content (AvgIpc) is 3.11. The maximum absolute atomic E-state index is 5.87. The molecular weight excluding hydrogens is 354 g/mol. The Balaban J connectivity index is 0.00000243. The van der Waals surface area contributed by atoms with Crippen molar-refractivity contribution in [2.24, 2.45) is 0 Å². The van der Waals surface area contributed by atoms with Crippen molar-refractivity contribution in [1.82, 2.24) is 25.5 Å². The predicted octanol–water partition coefficient (Wildman–Crippen LogP) is 3.00. The van der Waals surface area contributed by atoms with Crippen molar-refractivity contribution >= 4 is 12.4 Å². The molecule has 2 aromatic carbocycles. The standard InChI is InChI=1S/C18H21N5O2.ClH/c1-24-12-6-11-19-14-15-7-5-10-17(13-15)25-18-20-21-22-23(18)16-8-3-2-4-9-16;/h2-5,7-10,13,19H,6,11-12,14H2,1H3;1H. The van der Waals surface area contributed by atoms with E-state index in [9.17, 15) is 0 Å². The van der Waals surface area contributed by atoms with Gasteiger partial charge in [0.1, 0.15) is 5.75 Å². The molecule has 0 aliphatic heterocycles. The van der Waals surface area contributed by atoms with E-state index < -0.39 is 0 Å². The number of ether oxygens (including phenoxy) is 2. The molecule has 26 heavy (non-hydrogen) atoms. The lowest BCUT2D eigenvalue weighted by Crippen LogP contribution is -2.16. The predicted molar refractivity (Wildman–Crippen MR) is 101 cm³/mol. The number of nitrogens with one attached hydrogen (secondary N) is 1. The summed E-state index contributed by atoms with van der Waals surface area (Å²) in [6.07, 6.45) is 0.985. The highest BCUT2D eigenvalue weighted by atomic mass is 35.5. The Bertz CT molecular complexity index is 782. The van der Waals surface area contributed by atoms with E-state index in [4.69, 9.17) is 9.47 Å². The first-order valence-electron chi connectivity index (χ1n) is 8.17. The van der Waals surface area contributed by atoms with Crippen molar-refractivity contribution in [3.63, 3.8) is 0 Å². The Morgan fingerprint density at radius 1 is 1.08 bits per heavy atom. The first-order chi connectivity index (χ1) is 12.4. The van der Waals surface area contributed by atoms with Gasteiger partial charge in [-0.05, 0) is 53.2 Å². The number of nitrogens with zero attached hydrogens (tertiary/aromatic N) is 4. The van der Waals surface area contributed by atoms with Gasteiger partial charge in [-0.2, -0.15) is 4.68 Å². The van der Waals surface area contributed by atoms with Gasteiger partial charge in [-0.3, -0.25) is 0 Å². The monoisotopic (exact) mass is 375 g/mol. The number of hydrogen-bond donors (Lipinski definition) is 1. The van der Waals surface area contributed by atoms with Crippen molar-refractivity contribution in [2.45, 2.75) is 13.0 Å².